The lowest BCUT2D eigenvalue weighted by molar-refractivity contribution is 0.105. The van der Waals surface area contributed by atoms with Crippen molar-refractivity contribution >= 4 is 11.3 Å². The van der Waals surface area contributed by atoms with Crippen LogP contribution in [0.3, 0.4) is 0 Å². The van der Waals surface area contributed by atoms with E-state index in [9.17, 15) is 0 Å². The first-order valence-electron chi connectivity index (χ1n) is 7.17. The molecule has 0 aliphatic carbocycles. The smallest absolute Gasteiger partial charge is 0.241 e. The number of nitrogens with two attached hydrogens (primary N) is 1. The fourth-order valence-corrected chi connectivity index (χ4v) is 4.20. The van der Waals surface area contributed by atoms with Crippen molar-refractivity contribution in [2.45, 2.75) is 50.4 Å². The summed E-state index contributed by atoms with van der Waals surface area (Å²) in [5, 5.41) is 6.11. The highest BCUT2D eigenvalue weighted by Crippen LogP contribution is 2.36. The van der Waals surface area contributed by atoms with E-state index in [0.717, 1.165) is 30.2 Å². The van der Waals surface area contributed by atoms with E-state index in [1.165, 1.54) is 12.8 Å². The molecule has 0 spiro atoms. The molecule has 2 N–H and O–H groups in total. The van der Waals surface area contributed by atoms with Crippen molar-refractivity contribution < 1.29 is 4.52 Å². The quantitative estimate of drug-likeness (QED) is 0.939. The molecule has 2 atom stereocenters. The number of piperidine rings is 1. The van der Waals surface area contributed by atoms with E-state index in [1.807, 2.05) is 17.5 Å². The van der Waals surface area contributed by atoms with Gasteiger partial charge in [0.05, 0.1) is 11.4 Å². The van der Waals surface area contributed by atoms with Gasteiger partial charge in [0.25, 0.3) is 0 Å². The highest BCUT2D eigenvalue weighted by Gasteiger charge is 2.40. The van der Waals surface area contributed by atoms with Gasteiger partial charge in [0.2, 0.25) is 11.7 Å². The molecule has 2 aromatic rings. The standard InChI is InChI=1S/C14H18N4OS/c15-9-6-10-3-4-11(7-9)18(10)8-13-16-14(17-19-13)12-2-1-5-20-12/h1-2,5,9-11H,3-4,6-8,15H2. The number of hydrogen-bond donors (Lipinski definition) is 1. The van der Waals surface area contributed by atoms with Gasteiger partial charge in [-0.3, -0.25) is 4.90 Å². The van der Waals surface area contributed by atoms with Crippen LogP contribution in [0.4, 0.5) is 0 Å². The maximum Gasteiger partial charge on any atom is 0.241 e. The SMILES string of the molecule is NC1CC2CCC(C1)N2Cc1nc(-c2cccs2)no1. The van der Waals surface area contributed by atoms with Crippen LogP contribution in [0.15, 0.2) is 22.0 Å². The highest BCUT2D eigenvalue weighted by molar-refractivity contribution is 7.13. The number of hydrogen-bond acceptors (Lipinski definition) is 6. The Hall–Kier alpha value is -1.24. The van der Waals surface area contributed by atoms with E-state index in [2.05, 4.69) is 15.0 Å². The molecule has 0 saturated carbocycles. The van der Waals surface area contributed by atoms with Crippen molar-refractivity contribution in [3.05, 3.63) is 23.4 Å². The van der Waals surface area contributed by atoms with E-state index >= 15 is 0 Å². The third-order valence-corrected chi connectivity index (χ3v) is 5.31. The first-order chi connectivity index (χ1) is 9.79. The Balaban J connectivity index is 1.50. The molecule has 6 heteroatoms. The predicted molar refractivity (Wildman–Crippen MR) is 77.2 cm³/mol. The predicted octanol–water partition coefficient (Wildman–Crippen LogP) is 2.25. The Kier molecular flexibility index (Phi) is 3.09. The van der Waals surface area contributed by atoms with Gasteiger partial charge in [-0.1, -0.05) is 11.2 Å². The van der Waals surface area contributed by atoms with E-state index in [1.54, 1.807) is 11.3 Å². The molecule has 2 aromatic heterocycles. The number of nitrogens with zero attached hydrogens (tertiary/aromatic N) is 3. The second kappa shape index (κ2) is 4.95. The molecular weight excluding hydrogens is 272 g/mol. The zero-order valence-corrected chi connectivity index (χ0v) is 12.1. The molecule has 4 heterocycles. The van der Waals surface area contributed by atoms with Crippen LogP contribution >= 0.6 is 11.3 Å². The second-order valence-electron chi connectivity index (χ2n) is 5.78. The average molecular weight is 290 g/mol. The molecule has 4 rings (SSSR count). The lowest BCUT2D eigenvalue weighted by Gasteiger charge is -2.36. The Bertz CT molecular complexity index is 568. The van der Waals surface area contributed by atoms with Gasteiger partial charge in [-0.15, -0.1) is 11.3 Å². The molecule has 2 bridgehead atoms. The van der Waals surface area contributed by atoms with Gasteiger partial charge in [0.1, 0.15) is 0 Å². The lowest BCUT2D eigenvalue weighted by Crippen LogP contribution is -2.46. The van der Waals surface area contributed by atoms with Crippen molar-refractivity contribution in [3.8, 4) is 10.7 Å². The van der Waals surface area contributed by atoms with E-state index in [-0.39, 0.29) is 0 Å². The fraction of sp³-hybridized carbons (Fsp3) is 0.571. The van der Waals surface area contributed by atoms with Crippen LogP contribution in [0.2, 0.25) is 0 Å². The van der Waals surface area contributed by atoms with Crippen molar-refractivity contribution in [3.63, 3.8) is 0 Å². The molecule has 2 aliphatic heterocycles. The molecule has 20 heavy (non-hydrogen) atoms. The number of rotatable bonds is 3. The Morgan fingerprint density at radius 1 is 1.35 bits per heavy atom. The van der Waals surface area contributed by atoms with Crippen molar-refractivity contribution in [2.24, 2.45) is 5.73 Å². The van der Waals surface area contributed by atoms with Crippen molar-refractivity contribution in [1.29, 1.82) is 0 Å². The highest BCUT2D eigenvalue weighted by atomic mass is 32.1. The molecule has 2 fully saturated rings. The summed E-state index contributed by atoms with van der Waals surface area (Å²) in [4.78, 5) is 8.09. The van der Waals surface area contributed by atoms with Crippen LogP contribution in [0, 0.1) is 0 Å². The normalized spacial score (nSPS) is 29.9. The van der Waals surface area contributed by atoms with Crippen LogP contribution < -0.4 is 5.73 Å². The molecular formula is C14H18N4OS. The van der Waals surface area contributed by atoms with Gasteiger partial charge < -0.3 is 10.3 Å². The molecule has 0 amide bonds. The van der Waals surface area contributed by atoms with Crippen LogP contribution in [0.25, 0.3) is 10.7 Å². The van der Waals surface area contributed by atoms with Gasteiger partial charge >= 0.3 is 0 Å². The van der Waals surface area contributed by atoms with Crippen molar-refractivity contribution in [1.82, 2.24) is 15.0 Å². The summed E-state index contributed by atoms with van der Waals surface area (Å²) >= 11 is 1.63. The summed E-state index contributed by atoms with van der Waals surface area (Å²) in [5.41, 5.74) is 6.10. The first-order valence-corrected chi connectivity index (χ1v) is 8.05. The number of aromatic nitrogens is 2. The zero-order chi connectivity index (χ0) is 13.5. The molecule has 5 nitrogen and oxygen atoms in total. The number of fused-ring (bicyclic) bond motifs is 2. The summed E-state index contributed by atoms with van der Waals surface area (Å²) in [6.45, 7) is 0.764. The lowest BCUT2D eigenvalue weighted by atomic mass is 9.98. The molecule has 106 valence electrons. The Morgan fingerprint density at radius 3 is 2.85 bits per heavy atom. The van der Waals surface area contributed by atoms with Crippen LogP contribution in [-0.4, -0.2) is 33.2 Å². The maximum absolute atomic E-state index is 6.10. The van der Waals surface area contributed by atoms with Gasteiger partial charge in [0.15, 0.2) is 0 Å². The molecule has 0 aromatic carbocycles. The van der Waals surface area contributed by atoms with Gasteiger partial charge in [0, 0.05) is 18.1 Å². The minimum atomic E-state index is 0.369. The topological polar surface area (TPSA) is 68.2 Å². The van der Waals surface area contributed by atoms with Gasteiger partial charge in [-0.2, -0.15) is 4.98 Å². The Labute approximate surface area is 121 Å². The summed E-state index contributed by atoms with van der Waals surface area (Å²) in [7, 11) is 0. The minimum absolute atomic E-state index is 0.369. The molecule has 2 unspecified atom stereocenters. The largest absolute Gasteiger partial charge is 0.338 e. The summed E-state index contributed by atoms with van der Waals surface area (Å²) in [5.74, 6) is 1.43. The monoisotopic (exact) mass is 290 g/mol. The van der Waals surface area contributed by atoms with E-state index in [0.29, 0.717) is 23.9 Å². The number of thiophene rings is 1. The van der Waals surface area contributed by atoms with Gasteiger partial charge in [-0.05, 0) is 37.1 Å². The average Bonchev–Trinajstić information content (AvgIpc) is 3.12. The van der Waals surface area contributed by atoms with E-state index in [4.69, 9.17) is 10.3 Å². The Morgan fingerprint density at radius 2 is 2.15 bits per heavy atom. The van der Waals surface area contributed by atoms with Crippen LogP contribution in [0.5, 0.6) is 0 Å². The van der Waals surface area contributed by atoms with Crippen LogP contribution in [-0.2, 0) is 6.54 Å². The summed E-state index contributed by atoms with van der Waals surface area (Å²) < 4.78 is 5.42. The first kappa shape index (κ1) is 12.5. The minimum Gasteiger partial charge on any atom is -0.338 e. The maximum atomic E-state index is 6.10. The fourth-order valence-electron chi connectivity index (χ4n) is 3.56. The summed E-state index contributed by atoms with van der Waals surface area (Å²) in [6.07, 6.45) is 4.71. The third kappa shape index (κ3) is 2.17. The second-order valence-corrected chi connectivity index (χ2v) is 6.73. The van der Waals surface area contributed by atoms with Crippen LogP contribution in [0.1, 0.15) is 31.6 Å². The third-order valence-electron chi connectivity index (χ3n) is 4.45. The van der Waals surface area contributed by atoms with Gasteiger partial charge in [-0.25, -0.2) is 0 Å². The van der Waals surface area contributed by atoms with Crippen molar-refractivity contribution in [2.75, 3.05) is 0 Å². The zero-order valence-electron chi connectivity index (χ0n) is 11.2. The molecule has 0 radical (unpaired) electrons. The molecule has 2 saturated heterocycles. The summed E-state index contributed by atoms with van der Waals surface area (Å²) in [6, 6.07) is 5.58. The van der Waals surface area contributed by atoms with E-state index < -0.39 is 0 Å². The molecule has 2 aliphatic rings.